The third kappa shape index (κ3) is 2.15. The van der Waals surface area contributed by atoms with Crippen LogP contribution in [0.3, 0.4) is 0 Å². The van der Waals surface area contributed by atoms with Crippen LogP contribution in [0.2, 0.25) is 0 Å². The Kier molecular flexibility index (Phi) is 2.99. The summed E-state index contributed by atoms with van der Waals surface area (Å²) in [6.45, 7) is 3.67. The first kappa shape index (κ1) is 11.0. The van der Waals surface area contributed by atoms with Crippen LogP contribution >= 0.6 is 0 Å². The zero-order valence-corrected chi connectivity index (χ0v) is 9.95. The third-order valence-corrected chi connectivity index (χ3v) is 3.88. The predicted molar refractivity (Wildman–Crippen MR) is 65.3 cm³/mol. The number of aromatic amines is 1. The van der Waals surface area contributed by atoms with Gasteiger partial charge in [0.05, 0.1) is 13.2 Å². The summed E-state index contributed by atoms with van der Waals surface area (Å²) in [5.41, 5.74) is 2.33. The Morgan fingerprint density at radius 1 is 1.35 bits per heavy atom. The van der Waals surface area contributed by atoms with Crippen LogP contribution in [-0.2, 0) is 17.6 Å². The summed E-state index contributed by atoms with van der Waals surface area (Å²) >= 11 is 0. The Balaban J connectivity index is 1.79. The molecular formula is C13H18N2O2. The summed E-state index contributed by atoms with van der Waals surface area (Å²) < 4.78 is 5.37. The lowest BCUT2D eigenvalue weighted by Gasteiger charge is -2.36. The monoisotopic (exact) mass is 234 g/mol. The van der Waals surface area contributed by atoms with Gasteiger partial charge < -0.3 is 9.72 Å². The van der Waals surface area contributed by atoms with Crippen molar-refractivity contribution in [2.75, 3.05) is 26.3 Å². The predicted octanol–water partition coefficient (Wildman–Crippen LogP) is 0.564. The van der Waals surface area contributed by atoms with Crippen molar-refractivity contribution in [1.29, 1.82) is 0 Å². The van der Waals surface area contributed by atoms with Gasteiger partial charge in [-0.1, -0.05) is 0 Å². The molecule has 0 amide bonds. The average Bonchev–Trinajstić information content (AvgIpc) is 2.40. The molecule has 1 saturated heterocycles. The van der Waals surface area contributed by atoms with Crippen molar-refractivity contribution >= 4 is 0 Å². The van der Waals surface area contributed by atoms with Crippen LogP contribution in [0, 0.1) is 0 Å². The van der Waals surface area contributed by atoms with Crippen LogP contribution in [0.1, 0.15) is 17.7 Å². The smallest absolute Gasteiger partial charge is 0.185 e. The van der Waals surface area contributed by atoms with E-state index in [4.69, 9.17) is 4.74 Å². The Labute approximate surface area is 101 Å². The lowest BCUT2D eigenvalue weighted by molar-refractivity contribution is 0.0135. The normalized spacial score (nSPS) is 25.5. The standard InChI is InChI=1S/C13H18N2O2/c16-13-3-4-14-12-2-1-10(9-11(12)13)15-5-7-17-8-6-15/h3-4,10H,1-2,5-9H2,(H,14,16). The van der Waals surface area contributed by atoms with E-state index in [1.807, 2.05) is 0 Å². The number of ether oxygens (including phenoxy) is 1. The SMILES string of the molecule is O=c1cc[nH]c2c1CC(N1CCOCC1)CC2. The molecule has 3 rings (SSSR count). The molecule has 0 saturated carbocycles. The van der Waals surface area contributed by atoms with E-state index in [0.29, 0.717) is 6.04 Å². The second-order valence-electron chi connectivity index (χ2n) is 4.84. The van der Waals surface area contributed by atoms with E-state index in [1.54, 1.807) is 12.3 Å². The molecule has 2 aliphatic rings. The Hall–Kier alpha value is -1.13. The maximum Gasteiger partial charge on any atom is 0.185 e. The number of hydrogen-bond acceptors (Lipinski definition) is 3. The van der Waals surface area contributed by atoms with Crippen molar-refractivity contribution in [2.24, 2.45) is 0 Å². The minimum atomic E-state index is 0.191. The highest BCUT2D eigenvalue weighted by Gasteiger charge is 2.26. The molecule has 1 N–H and O–H groups in total. The van der Waals surface area contributed by atoms with Crippen LogP contribution in [0.25, 0.3) is 0 Å². The van der Waals surface area contributed by atoms with Crippen molar-refractivity contribution in [3.05, 3.63) is 33.7 Å². The topological polar surface area (TPSA) is 45.3 Å². The molecule has 2 heterocycles. The number of aromatic nitrogens is 1. The lowest BCUT2D eigenvalue weighted by Crippen LogP contribution is -2.46. The van der Waals surface area contributed by atoms with E-state index in [2.05, 4.69) is 9.88 Å². The Morgan fingerprint density at radius 2 is 2.18 bits per heavy atom. The molecule has 1 unspecified atom stereocenters. The molecule has 4 heteroatoms. The summed E-state index contributed by atoms with van der Waals surface area (Å²) in [5, 5.41) is 0. The van der Waals surface area contributed by atoms with Gasteiger partial charge in [-0.05, 0) is 19.3 Å². The summed E-state index contributed by atoms with van der Waals surface area (Å²) in [6.07, 6.45) is 4.79. The number of pyridine rings is 1. The van der Waals surface area contributed by atoms with E-state index in [1.165, 1.54) is 0 Å². The van der Waals surface area contributed by atoms with Gasteiger partial charge in [-0.3, -0.25) is 9.69 Å². The molecule has 1 fully saturated rings. The number of rotatable bonds is 1. The van der Waals surface area contributed by atoms with Gasteiger partial charge in [0.15, 0.2) is 5.43 Å². The Morgan fingerprint density at radius 3 is 3.00 bits per heavy atom. The second-order valence-corrected chi connectivity index (χ2v) is 4.84. The molecule has 17 heavy (non-hydrogen) atoms. The molecule has 1 aliphatic heterocycles. The van der Waals surface area contributed by atoms with E-state index in [0.717, 1.165) is 56.8 Å². The van der Waals surface area contributed by atoms with E-state index in [-0.39, 0.29) is 5.43 Å². The van der Waals surface area contributed by atoms with Crippen LogP contribution in [0.15, 0.2) is 17.1 Å². The number of aryl methyl sites for hydroxylation is 1. The fourth-order valence-electron chi connectivity index (χ4n) is 2.90. The fourth-order valence-corrected chi connectivity index (χ4v) is 2.90. The highest BCUT2D eigenvalue weighted by atomic mass is 16.5. The third-order valence-electron chi connectivity index (χ3n) is 3.88. The number of nitrogens with one attached hydrogen (secondary N) is 1. The molecule has 0 aromatic carbocycles. The first-order chi connectivity index (χ1) is 8.34. The molecule has 0 spiro atoms. The highest BCUT2D eigenvalue weighted by molar-refractivity contribution is 5.24. The van der Waals surface area contributed by atoms with Gasteiger partial charge in [0.1, 0.15) is 0 Å². The van der Waals surface area contributed by atoms with Gasteiger partial charge in [0.25, 0.3) is 0 Å². The largest absolute Gasteiger partial charge is 0.379 e. The van der Waals surface area contributed by atoms with Crippen LogP contribution < -0.4 is 5.43 Å². The van der Waals surface area contributed by atoms with Crippen LogP contribution in [-0.4, -0.2) is 42.2 Å². The number of nitrogens with zero attached hydrogens (tertiary/aromatic N) is 1. The zero-order valence-electron chi connectivity index (χ0n) is 9.95. The molecule has 1 aliphatic carbocycles. The first-order valence-electron chi connectivity index (χ1n) is 6.36. The van der Waals surface area contributed by atoms with Gasteiger partial charge in [-0.15, -0.1) is 0 Å². The van der Waals surface area contributed by atoms with E-state index >= 15 is 0 Å². The number of fused-ring (bicyclic) bond motifs is 1. The molecule has 0 radical (unpaired) electrons. The maximum absolute atomic E-state index is 11.8. The van der Waals surface area contributed by atoms with Crippen molar-refractivity contribution in [1.82, 2.24) is 9.88 Å². The number of hydrogen-bond donors (Lipinski definition) is 1. The molecule has 0 bridgehead atoms. The molecule has 1 aromatic heterocycles. The fraction of sp³-hybridized carbons (Fsp3) is 0.615. The van der Waals surface area contributed by atoms with Crippen molar-refractivity contribution in [2.45, 2.75) is 25.3 Å². The van der Waals surface area contributed by atoms with Crippen LogP contribution in [0.5, 0.6) is 0 Å². The van der Waals surface area contributed by atoms with Crippen molar-refractivity contribution in [3.63, 3.8) is 0 Å². The van der Waals surface area contributed by atoms with E-state index < -0.39 is 0 Å². The molecule has 1 aromatic rings. The quantitative estimate of drug-likeness (QED) is 0.772. The minimum Gasteiger partial charge on any atom is -0.379 e. The van der Waals surface area contributed by atoms with Gasteiger partial charge in [0, 0.05) is 42.7 Å². The molecule has 92 valence electrons. The second kappa shape index (κ2) is 4.63. The van der Waals surface area contributed by atoms with Crippen molar-refractivity contribution in [3.8, 4) is 0 Å². The molecule has 4 nitrogen and oxygen atoms in total. The summed E-state index contributed by atoms with van der Waals surface area (Å²) in [7, 11) is 0. The van der Waals surface area contributed by atoms with Crippen LogP contribution in [0.4, 0.5) is 0 Å². The van der Waals surface area contributed by atoms with Gasteiger partial charge in [-0.25, -0.2) is 0 Å². The lowest BCUT2D eigenvalue weighted by atomic mass is 9.90. The minimum absolute atomic E-state index is 0.191. The van der Waals surface area contributed by atoms with Gasteiger partial charge >= 0.3 is 0 Å². The molecular weight excluding hydrogens is 216 g/mol. The summed E-state index contributed by atoms with van der Waals surface area (Å²) in [5.74, 6) is 0. The molecule has 1 atom stereocenters. The first-order valence-corrected chi connectivity index (χ1v) is 6.36. The Bertz CT molecular complexity index is 449. The average molecular weight is 234 g/mol. The number of morpholine rings is 1. The van der Waals surface area contributed by atoms with Gasteiger partial charge in [-0.2, -0.15) is 0 Å². The van der Waals surface area contributed by atoms with Gasteiger partial charge in [0.2, 0.25) is 0 Å². The highest BCUT2D eigenvalue weighted by Crippen LogP contribution is 2.21. The summed E-state index contributed by atoms with van der Waals surface area (Å²) in [4.78, 5) is 17.5. The number of H-pyrrole nitrogens is 1. The van der Waals surface area contributed by atoms with Crippen molar-refractivity contribution < 1.29 is 4.74 Å². The van der Waals surface area contributed by atoms with E-state index in [9.17, 15) is 4.79 Å². The maximum atomic E-state index is 11.8. The zero-order chi connectivity index (χ0) is 11.7. The summed E-state index contributed by atoms with van der Waals surface area (Å²) in [6, 6.07) is 2.16.